The van der Waals surface area contributed by atoms with Crippen molar-refractivity contribution in [2.24, 2.45) is 30.7 Å². The van der Waals surface area contributed by atoms with E-state index in [-0.39, 0.29) is 5.91 Å². The molecule has 5 aliphatic rings. The molecule has 25 heavy (non-hydrogen) atoms. The van der Waals surface area contributed by atoms with E-state index in [0.717, 1.165) is 55.9 Å². The third-order valence-electron chi connectivity index (χ3n) is 7.30. The van der Waals surface area contributed by atoms with Gasteiger partial charge in [-0.25, -0.2) is 0 Å². The summed E-state index contributed by atoms with van der Waals surface area (Å²) < 4.78 is 1.59. The highest BCUT2D eigenvalue weighted by Crippen LogP contribution is 2.55. The molecular weight excluding hydrogens is 336 g/mol. The van der Waals surface area contributed by atoms with Crippen molar-refractivity contribution < 1.29 is 4.79 Å². The fourth-order valence-corrected chi connectivity index (χ4v) is 6.76. The minimum Gasteiger partial charge on any atom is -0.335 e. The van der Waals surface area contributed by atoms with E-state index < -0.39 is 0 Å². The zero-order valence-electron chi connectivity index (χ0n) is 14.9. The molecule has 5 fully saturated rings. The summed E-state index contributed by atoms with van der Waals surface area (Å²) in [7, 11) is 1.78. The zero-order valence-corrected chi connectivity index (χ0v) is 15.7. The van der Waals surface area contributed by atoms with E-state index in [1.165, 1.54) is 32.1 Å². The van der Waals surface area contributed by atoms with Gasteiger partial charge in [0, 0.05) is 39.3 Å². The predicted molar refractivity (Wildman–Crippen MR) is 96.5 cm³/mol. The molecule has 4 aliphatic carbocycles. The second kappa shape index (κ2) is 5.98. The highest BCUT2D eigenvalue weighted by atomic mass is 35.5. The first kappa shape index (κ1) is 16.1. The van der Waals surface area contributed by atoms with E-state index in [0.29, 0.717) is 10.7 Å². The number of aromatic nitrogens is 2. The summed E-state index contributed by atoms with van der Waals surface area (Å²) in [5.41, 5.74) is 0.518. The van der Waals surface area contributed by atoms with Crippen LogP contribution in [0, 0.1) is 23.7 Å². The molecular formula is C19H27ClN4O. The Labute approximate surface area is 154 Å². The molecule has 1 aromatic rings. The van der Waals surface area contributed by atoms with Gasteiger partial charge in [0.25, 0.3) is 5.91 Å². The molecule has 0 atom stereocenters. The van der Waals surface area contributed by atoms with Gasteiger partial charge in [-0.05, 0) is 55.8 Å². The number of carbonyl (C=O) groups excluding carboxylic acids is 1. The summed E-state index contributed by atoms with van der Waals surface area (Å²) in [4.78, 5) is 17.5. The number of hydrogen-bond donors (Lipinski definition) is 0. The van der Waals surface area contributed by atoms with Gasteiger partial charge in [0.05, 0.1) is 11.2 Å². The molecule has 0 aromatic carbocycles. The maximum absolute atomic E-state index is 12.8. The Morgan fingerprint density at radius 3 is 2.16 bits per heavy atom. The van der Waals surface area contributed by atoms with Crippen LogP contribution in [-0.4, -0.2) is 57.7 Å². The molecule has 1 aromatic heterocycles. The maximum Gasteiger partial charge on any atom is 0.273 e. The van der Waals surface area contributed by atoms with Gasteiger partial charge in [-0.1, -0.05) is 11.6 Å². The van der Waals surface area contributed by atoms with Gasteiger partial charge in [0.1, 0.15) is 5.69 Å². The minimum atomic E-state index is 0.0229. The lowest BCUT2D eigenvalue weighted by Gasteiger charge is -2.58. The van der Waals surface area contributed by atoms with Crippen LogP contribution in [0.25, 0.3) is 0 Å². The number of carbonyl (C=O) groups is 1. The first-order valence-corrected chi connectivity index (χ1v) is 10.2. The van der Waals surface area contributed by atoms with Crippen LogP contribution in [0.3, 0.4) is 0 Å². The highest BCUT2D eigenvalue weighted by Gasteiger charge is 2.50. The van der Waals surface area contributed by atoms with Crippen LogP contribution in [0.4, 0.5) is 0 Å². The topological polar surface area (TPSA) is 41.4 Å². The Balaban J connectivity index is 1.25. The van der Waals surface area contributed by atoms with Crippen molar-refractivity contribution in [1.29, 1.82) is 0 Å². The molecule has 0 unspecified atom stereocenters. The minimum absolute atomic E-state index is 0.0229. The Bertz CT molecular complexity index is 631. The van der Waals surface area contributed by atoms with Crippen molar-refractivity contribution >= 4 is 17.5 Å². The first-order chi connectivity index (χ1) is 12.1. The van der Waals surface area contributed by atoms with Crippen LogP contribution in [0.1, 0.15) is 42.6 Å². The second-order valence-corrected chi connectivity index (χ2v) is 9.12. The number of halogens is 1. The monoisotopic (exact) mass is 362 g/mol. The average molecular weight is 363 g/mol. The van der Waals surface area contributed by atoms with E-state index in [1.54, 1.807) is 17.9 Å². The van der Waals surface area contributed by atoms with E-state index >= 15 is 0 Å². The standard InChI is InChI=1S/C19H27ClN4O/c1-22-18(16(20)11-21-22)19(25)24-4-2-23(3-5-24)17-14-7-12-6-13(9-14)10-15(17)8-12/h11-15,17H,2-10H2,1H3. The number of nitrogens with zero attached hydrogens (tertiary/aromatic N) is 4. The summed E-state index contributed by atoms with van der Waals surface area (Å²) >= 11 is 6.15. The van der Waals surface area contributed by atoms with Gasteiger partial charge in [-0.3, -0.25) is 14.4 Å². The molecule has 1 saturated heterocycles. The third kappa shape index (κ3) is 2.62. The summed E-state index contributed by atoms with van der Waals surface area (Å²) in [6.45, 7) is 3.63. The molecule has 6 heteroatoms. The predicted octanol–water partition coefficient (Wildman–Crippen LogP) is 2.66. The van der Waals surface area contributed by atoms with Crippen molar-refractivity contribution in [3.63, 3.8) is 0 Å². The van der Waals surface area contributed by atoms with Gasteiger partial charge in [0.2, 0.25) is 0 Å². The van der Waals surface area contributed by atoms with Crippen molar-refractivity contribution in [3.05, 3.63) is 16.9 Å². The van der Waals surface area contributed by atoms with Crippen LogP contribution in [-0.2, 0) is 7.05 Å². The SMILES string of the molecule is Cn1ncc(Cl)c1C(=O)N1CCN(C2C3CC4CC(C3)CC2C4)CC1. The third-order valence-corrected chi connectivity index (χ3v) is 7.57. The summed E-state index contributed by atoms with van der Waals surface area (Å²) in [5.74, 6) is 3.91. The van der Waals surface area contributed by atoms with E-state index in [1.807, 2.05) is 4.90 Å². The Morgan fingerprint density at radius 2 is 1.64 bits per heavy atom. The molecule has 4 bridgehead atoms. The fourth-order valence-electron chi connectivity index (χ4n) is 6.52. The van der Waals surface area contributed by atoms with Gasteiger partial charge in [-0.2, -0.15) is 5.10 Å². The molecule has 1 aliphatic heterocycles. The zero-order chi connectivity index (χ0) is 17.1. The summed E-state index contributed by atoms with van der Waals surface area (Å²) in [5, 5.41) is 4.55. The van der Waals surface area contributed by atoms with Crippen LogP contribution in [0.5, 0.6) is 0 Å². The molecule has 0 spiro atoms. The molecule has 4 saturated carbocycles. The Hall–Kier alpha value is -1.07. The number of hydrogen-bond acceptors (Lipinski definition) is 3. The second-order valence-electron chi connectivity index (χ2n) is 8.71. The highest BCUT2D eigenvalue weighted by molar-refractivity contribution is 6.33. The molecule has 0 radical (unpaired) electrons. The number of rotatable bonds is 2. The van der Waals surface area contributed by atoms with Crippen LogP contribution >= 0.6 is 11.6 Å². The quantitative estimate of drug-likeness (QED) is 0.812. The lowest BCUT2D eigenvalue weighted by Crippen LogP contribution is -2.60. The molecule has 2 heterocycles. The van der Waals surface area contributed by atoms with Crippen molar-refractivity contribution in [3.8, 4) is 0 Å². The van der Waals surface area contributed by atoms with E-state index in [2.05, 4.69) is 10.00 Å². The summed E-state index contributed by atoms with van der Waals surface area (Å²) in [6.07, 6.45) is 8.90. The largest absolute Gasteiger partial charge is 0.335 e. The first-order valence-electron chi connectivity index (χ1n) is 9.81. The fraction of sp³-hybridized carbons (Fsp3) is 0.789. The molecule has 1 amide bonds. The van der Waals surface area contributed by atoms with Crippen molar-refractivity contribution in [2.45, 2.75) is 38.1 Å². The number of aryl methyl sites for hydroxylation is 1. The van der Waals surface area contributed by atoms with E-state index in [9.17, 15) is 4.79 Å². The van der Waals surface area contributed by atoms with Crippen LogP contribution in [0.15, 0.2) is 6.20 Å². The smallest absolute Gasteiger partial charge is 0.273 e. The number of amides is 1. The van der Waals surface area contributed by atoms with Gasteiger partial charge < -0.3 is 4.90 Å². The van der Waals surface area contributed by atoms with Gasteiger partial charge in [0.15, 0.2) is 0 Å². The van der Waals surface area contributed by atoms with Crippen LogP contribution < -0.4 is 0 Å². The van der Waals surface area contributed by atoms with Crippen molar-refractivity contribution in [1.82, 2.24) is 19.6 Å². The lowest BCUT2D eigenvalue weighted by atomic mass is 9.54. The van der Waals surface area contributed by atoms with Crippen LogP contribution in [0.2, 0.25) is 5.02 Å². The number of piperazine rings is 1. The Morgan fingerprint density at radius 1 is 1.04 bits per heavy atom. The normalized spacial score (nSPS) is 37.7. The maximum atomic E-state index is 12.8. The Kier molecular flexibility index (Phi) is 3.86. The average Bonchev–Trinajstić information content (AvgIpc) is 2.92. The molecule has 136 valence electrons. The van der Waals surface area contributed by atoms with Crippen molar-refractivity contribution in [2.75, 3.05) is 26.2 Å². The lowest BCUT2D eigenvalue weighted by molar-refractivity contribution is -0.0743. The van der Waals surface area contributed by atoms with E-state index in [4.69, 9.17) is 11.6 Å². The molecule has 5 nitrogen and oxygen atoms in total. The van der Waals surface area contributed by atoms with Gasteiger partial charge in [-0.15, -0.1) is 0 Å². The van der Waals surface area contributed by atoms with Gasteiger partial charge >= 0.3 is 0 Å². The summed E-state index contributed by atoms with van der Waals surface area (Å²) in [6, 6.07) is 0.783. The molecule has 6 rings (SSSR count). The molecule has 0 N–H and O–H groups in total.